The molecule has 0 spiro atoms. The molecule has 1 aliphatic carbocycles. The van der Waals surface area contributed by atoms with Crippen LogP contribution in [0.3, 0.4) is 0 Å². The number of carbonyl (C=O) groups excluding carboxylic acids is 1. The molecule has 0 aromatic heterocycles. The second kappa shape index (κ2) is 10.9. The van der Waals surface area contributed by atoms with E-state index in [-0.39, 0.29) is 11.7 Å². The third-order valence-electron chi connectivity index (χ3n) is 5.86. The summed E-state index contributed by atoms with van der Waals surface area (Å²) in [5, 5.41) is 10.7. The average Bonchev–Trinajstić information content (AvgIpc) is 3.58. The quantitative estimate of drug-likeness (QED) is 0.379. The molecule has 1 heterocycles. The first-order valence-electron chi connectivity index (χ1n) is 10.8. The lowest BCUT2D eigenvalue weighted by Gasteiger charge is -2.33. The van der Waals surface area contributed by atoms with Crippen molar-refractivity contribution in [3.05, 3.63) is 68.4 Å². The Morgan fingerprint density at radius 2 is 2.00 bits per heavy atom. The molecule has 1 unspecified atom stereocenters. The SMILES string of the molecule is CSN(O)NC(=O)c1cc(C2CC2)c(CN2CCOC(Cc3cc(Cl)cc(Cl)c3)C2)cc1F. The molecule has 4 rings (SSSR count). The van der Waals surface area contributed by atoms with E-state index in [0.29, 0.717) is 46.7 Å². The molecule has 2 aromatic rings. The number of halogens is 3. The van der Waals surface area contributed by atoms with E-state index in [0.717, 1.165) is 48.0 Å². The van der Waals surface area contributed by atoms with Gasteiger partial charge in [-0.2, -0.15) is 0 Å². The van der Waals surface area contributed by atoms with Crippen LogP contribution in [0.5, 0.6) is 0 Å². The summed E-state index contributed by atoms with van der Waals surface area (Å²) in [5.74, 6) is -0.937. The van der Waals surface area contributed by atoms with E-state index in [9.17, 15) is 14.4 Å². The van der Waals surface area contributed by atoms with Crippen molar-refractivity contribution < 1.29 is 19.1 Å². The predicted octanol–water partition coefficient (Wildman–Crippen LogP) is 5.07. The fourth-order valence-electron chi connectivity index (χ4n) is 4.19. The van der Waals surface area contributed by atoms with Gasteiger partial charge in [-0.3, -0.25) is 20.3 Å². The van der Waals surface area contributed by atoms with Crippen molar-refractivity contribution in [2.45, 2.75) is 37.8 Å². The molecule has 1 aliphatic heterocycles. The number of amides is 1. The van der Waals surface area contributed by atoms with Gasteiger partial charge in [0.2, 0.25) is 0 Å². The monoisotopic (exact) mass is 513 g/mol. The molecule has 1 atom stereocenters. The molecular formula is C23H26Cl2FN3O3S. The highest BCUT2D eigenvalue weighted by molar-refractivity contribution is 7.96. The molecule has 33 heavy (non-hydrogen) atoms. The van der Waals surface area contributed by atoms with Crippen LogP contribution in [0, 0.1) is 5.82 Å². The van der Waals surface area contributed by atoms with Crippen LogP contribution in [0.25, 0.3) is 0 Å². The molecule has 6 nitrogen and oxygen atoms in total. The largest absolute Gasteiger partial charge is 0.375 e. The van der Waals surface area contributed by atoms with E-state index >= 15 is 0 Å². The highest BCUT2D eigenvalue weighted by atomic mass is 35.5. The van der Waals surface area contributed by atoms with Gasteiger partial charge in [0.05, 0.1) is 18.3 Å². The van der Waals surface area contributed by atoms with Crippen molar-refractivity contribution in [2.24, 2.45) is 0 Å². The predicted molar refractivity (Wildman–Crippen MR) is 128 cm³/mol. The lowest BCUT2D eigenvalue weighted by atomic mass is 9.98. The van der Waals surface area contributed by atoms with Crippen LogP contribution >= 0.6 is 35.1 Å². The Kier molecular flexibility index (Phi) is 8.17. The number of morpholine rings is 1. The molecule has 1 saturated carbocycles. The van der Waals surface area contributed by atoms with Crippen LogP contribution in [0.2, 0.25) is 10.0 Å². The van der Waals surface area contributed by atoms with Gasteiger partial charge in [-0.15, -0.1) is 0 Å². The Balaban J connectivity index is 1.47. The molecule has 2 aromatic carbocycles. The molecule has 2 fully saturated rings. The second-order valence-electron chi connectivity index (χ2n) is 8.41. The number of ether oxygens (including phenoxy) is 1. The van der Waals surface area contributed by atoms with Crippen molar-refractivity contribution in [1.82, 2.24) is 14.9 Å². The minimum absolute atomic E-state index is 0.0189. The summed E-state index contributed by atoms with van der Waals surface area (Å²) in [6.07, 6.45) is 4.31. The Hall–Kier alpha value is -1.39. The summed E-state index contributed by atoms with van der Waals surface area (Å²) in [5.41, 5.74) is 5.08. The van der Waals surface area contributed by atoms with Gasteiger partial charge in [-0.1, -0.05) is 23.2 Å². The van der Waals surface area contributed by atoms with Crippen LogP contribution < -0.4 is 5.43 Å². The van der Waals surface area contributed by atoms with Crippen molar-refractivity contribution >= 4 is 41.1 Å². The number of hydrogen-bond donors (Lipinski definition) is 2. The molecule has 10 heteroatoms. The summed E-state index contributed by atoms with van der Waals surface area (Å²) < 4.78 is 21.4. The Morgan fingerprint density at radius 3 is 2.67 bits per heavy atom. The van der Waals surface area contributed by atoms with Crippen LogP contribution in [0.15, 0.2) is 30.3 Å². The zero-order valence-electron chi connectivity index (χ0n) is 18.2. The fourth-order valence-corrected chi connectivity index (χ4v) is 4.93. The number of nitrogens with zero attached hydrogens (tertiary/aromatic N) is 2. The number of hydrogen-bond acceptors (Lipinski definition) is 6. The third-order valence-corrected chi connectivity index (χ3v) is 6.74. The Labute approximate surface area is 207 Å². The van der Waals surface area contributed by atoms with E-state index in [1.54, 1.807) is 18.4 Å². The molecule has 1 saturated heterocycles. The molecular weight excluding hydrogens is 488 g/mol. The van der Waals surface area contributed by atoms with Gasteiger partial charge >= 0.3 is 0 Å². The summed E-state index contributed by atoms with van der Waals surface area (Å²) in [6.45, 7) is 2.61. The smallest absolute Gasteiger partial charge is 0.271 e. The van der Waals surface area contributed by atoms with Gasteiger partial charge < -0.3 is 4.74 Å². The second-order valence-corrected chi connectivity index (χ2v) is 10.00. The first-order chi connectivity index (χ1) is 15.8. The summed E-state index contributed by atoms with van der Waals surface area (Å²) >= 11 is 13.2. The summed E-state index contributed by atoms with van der Waals surface area (Å²) in [6, 6.07) is 8.59. The molecule has 1 amide bonds. The number of rotatable bonds is 8. The van der Waals surface area contributed by atoms with Crippen molar-refractivity contribution in [1.29, 1.82) is 0 Å². The molecule has 2 aliphatic rings. The van der Waals surface area contributed by atoms with Gasteiger partial charge in [-0.25, -0.2) is 4.39 Å². The lowest BCUT2D eigenvalue weighted by molar-refractivity contribution is -0.0305. The van der Waals surface area contributed by atoms with Gasteiger partial charge in [0.1, 0.15) is 5.82 Å². The number of hydrazine groups is 1. The van der Waals surface area contributed by atoms with Gasteiger partial charge in [0.25, 0.3) is 5.91 Å². The van der Waals surface area contributed by atoms with E-state index in [1.807, 2.05) is 12.1 Å². The minimum atomic E-state index is -0.676. The Bertz CT molecular complexity index is 1000. The maximum Gasteiger partial charge on any atom is 0.271 e. The highest BCUT2D eigenvalue weighted by Gasteiger charge is 2.30. The first kappa shape index (κ1) is 24.7. The van der Waals surface area contributed by atoms with Crippen molar-refractivity contribution in [2.75, 3.05) is 26.0 Å². The standard InChI is InChI=1S/C23H26Cl2FN3O3S/c1-33-29(31)27-23(30)21-11-20(15-2-3-15)16(9-22(21)26)12-28-4-5-32-19(13-28)8-14-6-17(24)10-18(25)7-14/h6-7,9-11,15,19,31H,2-5,8,12-13H2,1H3,(H,27,30). The molecule has 2 N–H and O–H groups in total. The maximum atomic E-state index is 14.9. The van der Waals surface area contributed by atoms with E-state index in [1.165, 1.54) is 6.07 Å². The van der Waals surface area contributed by atoms with Crippen LogP contribution in [0.4, 0.5) is 4.39 Å². The molecule has 0 radical (unpaired) electrons. The van der Waals surface area contributed by atoms with Crippen molar-refractivity contribution in [3.63, 3.8) is 0 Å². The summed E-state index contributed by atoms with van der Waals surface area (Å²) in [7, 11) is 0. The fraction of sp³-hybridized carbons (Fsp3) is 0.435. The molecule has 0 bridgehead atoms. The minimum Gasteiger partial charge on any atom is -0.375 e. The Morgan fingerprint density at radius 1 is 1.27 bits per heavy atom. The van der Waals surface area contributed by atoms with Crippen LogP contribution in [-0.4, -0.2) is 52.6 Å². The van der Waals surface area contributed by atoms with E-state index in [4.69, 9.17) is 27.9 Å². The zero-order valence-corrected chi connectivity index (χ0v) is 20.5. The topological polar surface area (TPSA) is 65.0 Å². The van der Waals surface area contributed by atoms with Gasteiger partial charge in [-0.05, 0) is 88.7 Å². The first-order valence-corrected chi connectivity index (χ1v) is 12.7. The zero-order chi connectivity index (χ0) is 23.5. The van der Waals surface area contributed by atoms with Gasteiger partial charge in [0.15, 0.2) is 0 Å². The van der Waals surface area contributed by atoms with E-state index in [2.05, 4.69) is 10.3 Å². The van der Waals surface area contributed by atoms with Crippen LogP contribution in [-0.2, 0) is 17.7 Å². The number of nitrogens with one attached hydrogen (secondary N) is 1. The number of carbonyl (C=O) groups is 1. The maximum absolute atomic E-state index is 14.9. The third kappa shape index (κ3) is 6.60. The normalized spacial score (nSPS) is 19.2. The number of benzene rings is 2. The summed E-state index contributed by atoms with van der Waals surface area (Å²) in [4.78, 5) is 14.6. The highest BCUT2D eigenvalue weighted by Crippen LogP contribution is 2.43. The van der Waals surface area contributed by atoms with Gasteiger partial charge in [0, 0.05) is 35.9 Å². The average molecular weight is 514 g/mol. The lowest BCUT2D eigenvalue weighted by Crippen LogP contribution is -2.43. The molecule has 178 valence electrons. The van der Waals surface area contributed by atoms with E-state index < -0.39 is 11.7 Å². The van der Waals surface area contributed by atoms with Crippen molar-refractivity contribution in [3.8, 4) is 0 Å². The van der Waals surface area contributed by atoms with Crippen LogP contribution in [0.1, 0.15) is 45.8 Å².